The van der Waals surface area contributed by atoms with Gasteiger partial charge in [0.2, 0.25) is 10.2 Å². The number of halogens is 1. The summed E-state index contributed by atoms with van der Waals surface area (Å²) in [6.07, 6.45) is 1.40. The normalized spacial score (nSPS) is 10.7. The van der Waals surface area contributed by atoms with Crippen molar-refractivity contribution in [2.75, 3.05) is 5.84 Å². The number of nitrogens with two attached hydrogens (primary N) is 1. The molecule has 0 aliphatic carbocycles. The Morgan fingerprint density at radius 2 is 2.08 bits per heavy atom. The number of hydrogen-bond donors (Lipinski definition) is 2. The maximum Gasteiger partial charge on any atom is 0.282 e. The smallest absolute Gasteiger partial charge is 0.282 e. The second kappa shape index (κ2) is 7.36. The minimum absolute atomic E-state index is 0.266. The molecule has 0 bridgehead atoms. The van der Waals surface area contributed by atoms with Crippen LogP contribution in [0.2, 0.25) is 0 Å². The number of nitrogen functional groups attached to an aromatic ring is 1. The van der Waals surface area contributed by atoms with Crippen molar-refractivity contribution < 1.29 is 9.18 Å². The number of carbonyl (C=O) groups excluding carboxylic acids is 1. The first-order chi connectivity index (χ1) is 11.6. The predicted octanol–water partition coefficient (Wildman–Crippen LogP) is 1.20. The van der Waals surface area contributed by atoms with Crippen LogP contribution in [-0.4, -0.2) is 31.0 Å². The van der Waals surface area contributed by atoms with E-state index in [2.05, 4.69) is 25.7 Å². The Morgan fingerprint density at radius 1 is 1.29 bits per heavy atom. The first-order valence-electron chi connectivity index (χ1n) is 6.75. The molecule has 11 heteroatoms. The molecule has 0 atom stereocenters. The molecule has 3 aromatic rings. The third-order valence-electron chi connectivity index (χ3n) is 2.89. The summed E-state index contributed by atoms with van der Waals surface area (Å²) in [7, 11) is 0. The fourth-order valence-electron chi connectivity index (χ4n) is 1.73. The topological polar surface area (TPSA) is 112 Å². The quantitative estimate of drug-likeness (QED) is 0.499. The third kappa shape index (κ3) is 4.06. The highest BCUT2D eigenvalue weighted by atomic mass is 32.2. The van der Waals surface area contributed by atoms with Crippen LogP contribution in [0.4, 0.5) is 4.39 Å². The number of aromatic nitrogens is 5. The summed E-state index contributed by atoms with van der Waals surface area (Å²) in [5.41, 5.74) is 0.798. The van der Waals surface area contributed by atoms with Gasteiger partial charge in [0.15, 0.2) is 0 Å². The molecule has 3 N–H and O–H groups in total. The Bertz CT molecular complexity index is 833. The van der Waals surface area contributed by atoms with Crippen LogP contribution in [0, 0.1) is 5.82 Å². The third-order valence-corrected chi connectivity index (χ3v) is 4.97. The molecule has 2 heterocycles. The lowest BCUT2D eigenvalue weighted by Gasteiger charge is -2.02. The first-order valence-corrected chi connectivity index (χ1v) is 8.55. The van der Waals surface area contributed by atoms with Gasteiger partial charge in [-0.15, -0.1) is 20.4 Å². The van der Waals surface area contributed by atoms with Gasteiger partial charge in [-0.2, -0.15) is 0 Å². The van der Waals surface area contributed by atoms with Crippen LogP contribution in [0.5, 0.6) is 0 Å². The van der Waals surface area contributed by atoms with Gasteiger partial charge in [0.05, 0.1) is 5.75 Å². The molecule has 0 aliphatic rings. The molecule has 0 aliphatic heterocycles. The SMILES string of the molecule is Nn1cnnc1SCc1nnc(C(=O)NCc2ccc(F)cc2)s1. The molecular formula is C13H12FN7OS2. The lowest BCUT2D eigenvalue weighted by molar-refractivity contribution is 0.0950. The molecule has 124 valence electrons. The van der Waals surface area contributed by atoms with Crippen LogP contribution in [0.3, 0.4) is 0 Å². The molecule has 0 fully saturated rings. The fraction of sp³-hybridized carbons (Fsp3) is 0.154. The van der Waals surface area contributed by atoms with Gasteiger partial charge in [-0.05, 0) is 17.7 Å². The van der Waals surface area contributed by atoms with E-state index in [-0.39, 0.29) is 16.7 Å². The van der Waals surface area contributed by atoms with E-state index in [4.69, 9.17) is 5.84 Å². The molecule has 0 saturated carbocycles. The van der Waals surface area contributed by atoms with E-state index < -0.39 is 0 Å². The lowest BCUT2D eigenvalue weighted by atomic mass is 10.2. The van der Waals surface area contributed by atoms with Gasteiger partial charge >= 0.3 is 0 Å². The average molecular weight is 365 g/mol. The number of hydrogen-bond acceptors (Lipinski definition) is 8. The minimum Gasteiger partial charge on any atom is -0.346 e. The molecule has 0 saturated heterocycles. The van der Waals surface area contributed by atoms with Crippen LogP contribution in [0.1, 0.15) is 20.4 Å². The molecular weight excluding hydrogens is 353 g/mol. The zero-order chi connectivity index (χ0) is 16.9. The Balaban J connectivity index is 1.53. The van der Waals surface area contributed by atoms with Crippen LogP contribution < -0.4 is 11.2 Å². The van der Waals surface area contributed by atoms with Crippen LogP contribution in [0.25, 0.3) is 0 Å². The number of rotatable bonds is 6. The van der Waals surface area contributed by atoms with Gasteiger partial charge in [0, 0.05) is 6.54 Å². The van der Waals surface area contributed by atoms with Crippen LogP contribution >= 0.6 is 23.1 Å². The molecule has 0 radical (unpaired) electrons. The first kappa shape index (κ1) is 16.3. The van der Waals surface area contributed by atoms with Crippen LogP contribution in [0.15, 0.2) is 35.7 Å². The molecule has 0 unspecified atom stereocenters. The van der Waals surface area contributed by atoms with E-state index in [1.165, 1.54) is 46.2 Å². The number of nitrogens with one attached hydrogen (secondary N) is 1. The molecule has 24 heavy (non-hydrogen) atoms. The fourth-order valence-corrected chi connectivity index (χ4v) is 3.30. The molecule has 1 aromatic carbocycles. The highest BCUT2D eigenvalue weighted by Gasteiger charge is 2.13. The monoisotopic (exact) mass is 365 g/mol. The summed E-state index contributed by atoms with van der Waals surface area (Å²) < 4.78 is 14.1. The Hall–Kier alpha value is -2.53. The number of carbonyl (C=O) groups is 1. The maximum absolute atomic E-state index is 12.8. The van der Waals surface area contributed by atoms with Gasteiger partial charge in [-0.3, -0.25) is 4.79 Å². The molecule has 2 aromatic heterocycles. The van der Waals surface area contributed by atoms with E-state index in [1.807, 2.05) is 0 Å². The van der Waals surface area contributed by atoms with Crippen molar-refractivity contribution >= 4 is 29.0 Å². The Kier molecular flexibility index (Phi) is 5.01. The minimum atomic E-state index is -0.324. The van der Waals surface area contributed by atoms with Crippen molar-refractivity contribution in [3.8, 4) is 0 Å². The average Bonchev–Trinajstić information content (AvgIpc) is 3.21. The van der Waals surface area contributed by atoms with E-state index in [0.29, 0.717) is 22.5 Å². The van der Waals surface area contributed by atoms with Crippen molar-refractivity contribution in [2.45, 2.75) is 17.5 Å². The van der Waals surface area contributed by atoms with E-state index in [9.17, 15) is 9.18 Å². The maximum atomic E-state index is 12.8. The lowest BCUT2D eigenvalue weighted by Crippen LogP contribution is -2.22. The van der Waals surface area contributed by atoms with Crippen molar-refractivity contribution in [1.82, 2.24) is 30.4 Å². The van der Waals surface area contributed by atoms with Crippen molar-refractivity contribution in [2.24, 2.45) is 0 Å². The largest absolute Gasteiger partial charge is 0.346 e. The van der Waals surface area contributed by atoms with E-state index in [0.717, 1.165) is 5.56 Å². The standard InChI is InChI=1S/C13H12FN7OS2/c14-9-3-1-8(2-4-9)5-16-11(22)12-19-18-10(24-12)6-23-13-20-17-7-21(13)15/h1-4,7H,5-6,15H2,(H,16,22). The summed E-state index contributed by atoms with van der Waals surface area (Å²) >= 11 is 2.54. The number of thioether (sulfide) groups is 1. The zero-order valence-electron chi connectivity index (χ0n) is 12.2. The molecule has 0 spiro atoms. The molecule has 1 amide bonds. The highest BCUT2D eigenvalue weighted by Crippen LogP contribution is 2.21. The summed E-state index contributed by atoms with van der Waals surface area (Å²) in [6, 6.07) is 5.91. The summed E-state index contributed by atoms with van der Waals surface area (Å²) in [5, 5.41) is 19.6. The van der Waals surface area contributed by atoms with Crippen molar-refractivity contribution in [1.29, 1.82) is 0 Å². The van der Waals surface area contributed by atoms with Crippen molar-refractivity contribution in [3.05, 3.63) is 52.0 Å². The number of amides is 1. The van der Waals surface area contributed by atoms with Crippen molar-refractivity contribution in [3.63, 3.8) is 0 Å². The van der Waals surface area contributed by atoms with Gasteiger partial charge in [-0.1, -0.05) is 35.2 Å². The zero-order valence-corrected chi connectivity index (χ0v) is 13.9. The number of nitrogens with zero attached hydrogens (tertiary/aromatic N) is 5. The van der Waals surface area contributed by atoms with Gasteiger partial charge in [0.1, 0.15) is 17.2 Å². The number of benzene rings is 1. The van der Waals surface area contributed by atoms with E-state index >= 15 is 0 Å². The molecule has 3 rings (SSSR count). The second-order valence-corrected chi connectivity index (χ2v) is 6.62. The highest BCUT2D eigenvalue weighted by molar-refractivity contribution is 7.98. The van der Waals surface area contributed by atoms with Gasteiger partial charge in [-0.25, -0.2) is 9.07 Å². The predicted molar refractivity (Wildman–Crippen MR) is 87.2 cm³/mol. The van der Waals surface area contributed by atoms with E-state index in [1.54, 1.807) is 12.1 Å². The second-order valence-electron chi connectivity index (χ2n) is 4.62. The molecule has 8 nitrogen and oxygen atoms in total. The summed E-state index contributed by atoms with van der Waals surface area (Å²) in [5.74, 6) is 5.46. The Morgan fingerprint density at radius 3 is 2.79 bits per heavy atom. The Labute approximate surface area is 144 Å². The summed E-state index contributed by atoms with van der Waals surface area (Å²) in [4.78, 5) is 12.1. The summed E-state index contributed by atoms with van der Waals surface area (Å²) in [6.45, 7) is 0.291. The van der Waals surface area contributed by atoms with Gasteiger partial charge in [0.25, 0.3) is 5.91 Å². The van der Waals surface area contributed by atoms with Crippen LogP contribution in [-0.2, 0) is 12.3 Å². The van der Waals surface area contributed by atoms with Gasteiger partial charge < -0.3 is 11.2 Å².